The van der Waals surface area contributed by atoms with Crippen LogP contribution in [-0.2, 0) is 19.2 Å². The van der Waals surface area contributed by atoms with Gasteiger partial charge in [0.2, 0.25) is 11.4 Å². The predicted octanol–water partition coefficient (Wildman–Crippen LogP) is 1.12. The maximum absolute atomic E-state index is 11.9. The second kappa shape index (κ2) is 8.67. The van der Waals surface area contributed by atoms with E-state index in [1.807, 2.05) is 0 Å². The fraction of sp³-hybridized carbons (Fsp3) is 0.750. The molecule has 0 bridgehead atoms. The van der Waals surface area contributed by atoms with Gasteiger partial charge in [0, 0.05) is 24.2 Å². The standard InChI is InChI=1S/C12H18N2O8S/c1-7(6-13-5-3-4-9(13)10(15)16)11(17)23-12(18)21-8(2)22-14(19)20/h7-9H,3-6H2,1-2H3,(H,15,16)/t7-,8?,9-/m0/s1. The van der Waals surface area contributed by atoms with Crippen LogP contribution in [0.3, 0.4) is 0 Å². The third-order valence-corrected chi connectivity index (χ3v) is 4.11. The number of hydrogen-bond donors (Lipinski definition) is 1. The highest BCUT2D eigenvalue weighted by Gasteiger charge is 2.33. The number of hydrogen-bond acceptors (Lipinski definition) is 9. The number of likely N-dealkylation sites (tertiary alicyclic amines) is 1. The van der Waals surface area contributed by atoms with E-state index in [4.69, 9.17) is 5.11 Å². The van der Waals surface area contributed by atoms with E-state index >= 15 is 0 Å². The van der Waals surface area contributed by atoms with Crippen molar-refractivity contribution < 1.29 is 34.2 Å². The topological polar surface area (TPSA) is 136 Å². The zero-order valence-electron chi connectivity index (χ0n) is 12.7. The van der Waals surface area contributed by atoms with Crippen LogP contribution in [0.15, 0.2) is 0 Å². The average Bonchev–Trinajstić information content (AvgIpc) is 2.85. The molecule has 0 saturated carbocycles. The van der Waals surface area contributed by atoms with E-state index in [1.165, 1.54) is 0 Å². The van der Waals surface area contributed by atoms with Crippen molar-refractivity contribution in [2.75, 3.05) is 13.1 Å². The Morgan fingerprint density at radius 3 is 2.65 bits per heavy atom. The number of rotatable bonds is 7. The first kappa shape index (κ1) is 19.2. The van der Waals surface area contributed by atoms with Crippen molar-refractivity contribution in [2.45, 2.75) is 39.0 Å². The fourth-order valence-corrected chi connectivity index (χ4v) is 2.86. The molecule has 23 heavy (non-hydrogen) atoms. The molecule has 1 heterocycles. The number of carbonyl (C=O) groups excluding carboxylic acids is 2. The van der Waals surface area contributed by atoms with Crippen LogP contribution in [0, 0.1) is 16.0 Å². The molecule has 1 aliphatic heterocycles. The Labute approximate surface area is 136 Å². The van der Waals surface area contributed by atoms with Crippen molar-refractivity contribution in [3.63, 3.8) is 0 Å². The molecule has 1 unspecified atom stereocenters. The van der Waals surface area contributed by atoms with Crippen LogP contribution < -0.4 is 0 Å². The summed E-state index contributed by atoms with van der Waals surface area (Å²) in [6.07, 6.45) is -0.146. The quantitative estimate of drug-likeness (QED) is 0.308. The van der Waals surface area contributed by atoms with Crippen molar-refractivity contribution in [3.8, 4) is 0 Å². The van der Waals surface area contributed by atoms with E-state index in [2.05, 4.69) is 9.57 Å². The van der Waals surface area contributed by atoms with Crippen LogP contribution in [0.25, 0.3) is 0 Å². The maximum atomic E-state index is 11.9. The molecule has 1 saturated heterocycles. The summed E-state index contributed by atoms with van der Waals surface area (Å²) >= 11 is 0.279. The first-order valence-corrected chi connectivity index (χ1v) is 7.72. The summed E-state index contributed by atoms with van der Waals surface area (Å²) in [6.45, 7) is 3.53. The summed E-state index contributed by atoms with van der Waals surface area (Å²) in [6, 6.07) is -0.615. The third-order valence-electron chi connectivity index (χ3n) is 3.24. The normalized spacial score (nSPS) is 20.5. The monoisotopic (exact) mass is 350 g/mol. The summed E-state index contributed by atoms with van der Waals surface area (Å²) in [5.41, 5.74) is 0. The Morgan fingerprint density at radius 2 is 2.09 bits per heavy atom. The van der Waals surface area contributed by atoms with Gasteiger partial charge in [-0.2, -0.15) is 0 Å². The van der Waals surface area contributed by atoms with E-state index in [0.717, 1.165) is 13.3 Å². The van der Waals surface area contributed by atoms with Gasteiger partial charge in [0.25, 0.3) is 5.09 Å². The molecular formula is C12H18N2O8S. The lowest BCUT2D eigenvalue weighted by Crippen LogP contribution is -2.39. The van der Waals surface area contributed by atoms with E-state index in [-0.39, 0.29) is 18.3 Å². The van der Waals surface area contributed by atoms with Crippen LogP contribution in [0.4, 0.5) is 4.79 Å². The second-order valence-corrected chi connectivity index (χ2v) is 6.02. The molecule has 1 aliphatic rings. The van der Waals surface area contributed by atoms with Gasteiger partial charge >= 0.3 is 11.3 Å². The van der Waals surface area contributed by atoms with Crippen LogP contribution >= 0.6 is 11.8 Å². The number of aliphatic carboxylic acids is 1. The van der Waals surface area contributed by atoms with Gasteiger partial charge in [-0.15, -0.1) is 10.1 Å². The number of carbonyl (C=O) groups is 3. The fourth-order valence-electron chi connectivity index (χ4n) is 2.24. The third kappa shape index (κ3) is 6.40. The highest BCUT2D eigenvalue weighted by molar-refractivity contribution is 8.25. The van der Waals surface area contributed by atoms with E-state index in [1.54, 1.807) is 11.8 Å². The van der Waals surface area contributed by atoms with E-state index in [0.29, 0.717) is 13.0 Å². The van der Waals surface area contributed by atoms with Gasteiger partial charge in [-0.05, 0) is 26.3 Å². The molecule has 0 radical (unpaired) electrons. The summed E-state index contributed by atoms with van der Waals surface area (Å²) in [4.78, 5) is 50.2. The van der Waals surface area contributed by atoms with Crippen molar-refractivity contribution in [1.82, 2.24) is 4.90 Å². The second-order valence-electron chi connectivity index (χ2n) is 5.08. The zero-order valence-corrected chi connectivity index (χ0v) is 13.5. The van der Waals surface area contributed by atoms with Crippen molar-refractivity contribution in [1.29, 1.82) is 0 Å². The molecule has 0 aliphatic carbocycles. The first-order valence-electron chi connectivity index (χ1n) is 6.91. The van der Waals surface area contributed by atoms with Crippen LogP contribution in [0.1, 0.15) is 26.7 Å². The van der Waals surface area contributed by atoms with Gasteiger partial charge in [0.15, 0.2) is 0 Å². The Hall–Kier alpha value is -1.88. The molecule has 10 nitrogen and oxygen atoms in total. The molecule has 0 aromatic carbocycles. The summed E-state index contributed by atoms with van der Waals surface area (Å²) in [7, 11) is 0. The number of nitrogens with zero attached hydrogens (tertiary/aromatic N) is 2. The van der Waals surface area contributed by atoms with Crippen molar-refractivity contribution >= 4 is 28.1 Å². The minimum Gasteiger partial charge on any atom is -0.480 e. The highest BCUT2D eigenvalue weighted by atomic mass is 32.2. The minimum absolute atomic E-state index is 0.219. The highest BCUT2D eigenvalue weighted by Crippen LogP contribution is 2.22. The summed E-state index contributed by atoms with van der Waals surface area (Å²) in [5.74, 6) is -1.51. The molecule has 3 atom stereocenters. The summed E-state index contributed by atoms with van der Waals surface area (Å²) in [5, 5.41) is 16.5. The van der Waals surface area contributed by atoms with Gasteiger partial charge in [0.1, 0.15) is 6.04 Å². The van der Waals surface area contributed by atoms with E-state index in [9.17, 15) is 24.5 Å². The molecule has 1 rings (SSSR count). The van der Waals surface area contributed by atoms with Gasteiger partial charge in [0.05, 0.1) is 0 Å². The van der Waals surface area contributed by atoms with Crippen LogP contribution in [-0.4, -0.2) is 56.9 Å². The molecule has 0 spiro atoms. The van der Waals surface area contributed by atoms with Crippen molar-refractivity contribution in [3.05, 3.63) is 10.1 Å². The Balaban J connectivity index is 2.43. The average molecular weight is 350 g/mol. The maximum Gasteiger partial charge on any atom is 0.377 e. The van der Waals surface area contributed by atoms with Gasteiger partial charge in [-0.3, -0.25) is 19.3 Å². The largest absolute Gasteiger partial charge is 0.480 e. The number of carboxylic acid groups (broad SMARTS) is 1. The lowest BCUT2D eigenvalue weighted by atomic mass is 10.1. The lowest BCUT2D eigenvalue weighted by Gasteiger charge is -2.23. The van der Waals surface area contributed by atoms with Gasteiger partial charge in [-0.25, -0.2) is 4.79 Å². The molecule has 1 fully saturated rings. The molecule has 0 aromatic rings. The van der Waals surface area contributed by atoms with Crippen molar-refractivity contribution in [2.24, 2.45) is 5.92 Å². The molecule has 0 aromatic heterocycles. The summed E-state index contributed by atoms with van der Waals surface area (Å²) < 4.78 is 4.54. The van der Waals surface area contributed by atoms with Gasteiger partial charge in [-0.1, -0.05) is 6.92 Å². The molecule has 11 heteroatoms. The Kier molecular flexibility index (Phi) is 7.23. The Morgan fingerprint density at radius 1 is 1.43 bits per heavy atom. The lowest BCUT2D eigenvalue weighted by molar-refractivity contribution is -0.777. The zero-order chi connectivity index (χ0) is 17.6. The minimum atomic E-state index is -1.41. The SMILES string of the molecule is CC(OC(=O)SC(=O)[C@@H](C)CN1CCC[C@H]1C(=O)O)O[N+](=O)[O-]. The number of thioether (sulfide) groups is 1. The van der Waals surface area contributed by atoms with E-state index < -0.39 is 39.7 Å². The van der Waals surface area contributed by atoms with Crippen LogP contribution in [0.2, 0.25) is 0 Å². The number of carboxylic acids is 1. The molecule has 0 amide bonds. The Bertz CT molecular complexity index is 486. The smallest absolute Gasteiger partial charge is 0.377 e. The van der Waals surface area contributed by atoms with Gasteiger partial charge < -0.3 is 9.84 Å². The number of ether oxygens (including phenoxy) is 1. The molecular weight excluding hydrogens is 332 g/mol. The molecule has 130 valence electrons. The van der Waals surface area contributed by atoms with Crippen LogP contribution in [0.5, 0.6) is 0 Å². The molecule has 1 N–H and O–H groups in total. The first-order chi connectivity index (χ1) is 10.7. The predicted molar refractivity (Wildman–Crippen MR) is 78.0 cm³/mol.